The number of aromatic nitrogens is 1. The third-order valence-electron chi connectivity index (χ3n) is 7.41. The number of aliphatic hydroxyl groups excluding tert-OH is 2. The molecule has 1 aromatic heterocycles. The number of halogens is 2. The predicted molar refractivity (Wildman–Crippen MR) is 166 cm³/mol. The van der Waals surface area contributed by atoms with E-state index in [0.29, 0.717) is 6.54 Å². The van der Waals surface area contributed by atoms with E-state index in [1.54, 1.807) is 12.1 Å². The van der Waals surface area contributed by atoms with Crippen molar-refractivity contribution in [3.8, 4) is 0 Å². The zero-order valence-electron chi connectivity index (χ0n) is 23.3. The summed E-state index contributed by atoms with van der Waals surface area (Å²) in [6.45, 7) is 7.19. The van der Waals surface area contributed by atoms with Gasteiger partial charge in [0.1, 0.15) is 5.82 Å². The summed E-state index contributed by atoms with van der Waals surface area (Å²) in [6, 6.07) is 21.2. The van der Waals surface area contributed by atoms with Gasteiger partial charge >= 0.3 is 0 Å². The van der Waals surface area contributed by atoms with E-state index in [1.165, 1.54) is 34.3 Å². The van der Waals surface area contributed by atoms with Crippen LogP contribution in [0.3, 0.4) is 0 Å². The zero-order valence-corrected chi connectivity index (χ0v) is 24.9. The van der Waals surface area contributed by atoms with Crippen molar-refractivity contribution >= 4 is 38.2 Å². The number of fused-ring (bicyclic) bond motifs is 3. The summed E-state index contributed by atoms with van der Waals surface area (Å²) in [7, 11) is 3.85. The normalized spacial score (nSPS) is 14.8. The van der Waals surface area contributed by atoms with Crippen LogP contribution in [0.2, 0.25) is 0 Å². The molecule has 1 unspecified atom stereocenters. The van der Waals surface area contributed by atoms with Crippen LogP contribution in [0.4, 0.5) is 15.8 Å². The molecule has 0 fully saturated rings. The minimum absolute atomic E-state index is 0.0653. The van der Waals surface area contributed by atoms with Crippen molar-refractivity contribution in [2.75, 3.05) is 50.6 Å². The maximum absolute atomic E-state index is 12.3. The first-order chi connectivity index (χ1) is 19.2. The van der Waals surface area contributed by atoms with Crippen molar-refractivity contribution in [1.82, 2.24) is 9.88 Å². The quantitative estimate of drug-likeness (QED) is 0.188. The number of anilines is 2. The molecule has 2 heterocycles. The largest absolute Gasteiger partial charge is 0.396 e. The molecule has 1 aliphatic heterocycles. The van der Waals surface area contributed by atoms with Crippen molar-refractivity contribution < 1.29 is 14.6 Å². The Bertz CT molecular complexity index is 1420. The number of hydrogen-bond donors (Lipinski definition) is 4. The topological polar surface area (TPSA) is 74.8 Å². The highest BCUT2D eigenvalue weighted by atomic mass is 79.9. The monoisotopic (exact) mass is 608 g/mol. The van der Waals surface area contributed by atoms with E-state index in [1.807, 2.05) is 32.1 Å². The minimum Gasteiger partial charge on any atom is -0.396 e. The van der Waals surface area contributed by atoms with Gasteiger partial charge in [-0.1, -0.05) is 41.6 Å². The predicted octanol–water partition coefficient (Wildman–Crippen LogP) is 6.32. The molecular formula is C32H38BrFN4O2. The molecule has 0 saturated heterocycles. The summed E-state index contributed by atoms with van der Waals surface area (Å²) in [4.78, 5) is 7.86. The summed E-state index contributed by atoms with van der Waals surface area (Å²) in [5.74, 6) is -0.189. The van der Waals surface area contributed by atoms with Gasteiger partial charge in [-0.25, -0.2) is 4.39 Å². The Morgan fingerprint density at radius 3 is 2.38 bits per heavy atom. The molecule has 0 aliphatic carbocycles. The van der Waals surface area contributed by atoms with Crippen LogP contribution in [0.15, 0.2) is 84.0 Å². The highest BCUT2D eigenvalue weighted by Crippen LogP contribution is 2.39. The van der Waals surface area contributed by atoms with Gasteiger partial charge in [0, 0.05) is 65.0 Å². The smallest absolute Gasteiger partial charge is 0.123 e. The molecular weight excluding hydrogens is 571 g/mol. The van der Waals surface area contributed by atoms with Gasteiger partial charge in [0.2, 0.25) is 0 Å². The molecule has 5 rings (SSSR count). The SMILES string of the molecule is C=CN1CCc2c([nH]c3ccc(Br)cc23)C1c1ccc(NCC(C)(CO)CO)cc1.CN(C)c1ccc(F)cc1. The Labute approximate surface area is 244 Å². The number of aromatic amines is 1. The van der Waals surface area contributed by atoms with Crippen molar-refractivity contribution in [3.05, 3.63) is 107 Å². The van der Waals surface area contributed by atoms with E-state index in [9.17, 15) is 14.6 Å². The van der Waals surface area contributed by atoms with Crippen LogP contribution in [0.5, 0.6) is 0 Å². The van der Waals surface area contributed by atoms with E-state index in [-0.39, 0.29) is 25.1 Å². The van der Waals surface area contributed by atoms with Crippen LogP contribution in [-0.4, -0.2) is 60.5 Å². The number of hydrogen-bond acceptors (Lipinski definition) is 5. The summed E-state index contributed by atoms with van der Waals surface area (Å²) in [5, 5.41) is 23.6. The van der Waals surface area contributed by atoms with Gasteiger partial charge in [0.25, 0.3) is 0 Å². The lowest BCUT2D eigenvalue weighted by Crippen LogP contribution is -2.34. The van der Waals surface area contributed by atoms with E-state index in [2.05, 4.69) is 80.2 Å². The Kier molecular flexibility index (Phi) is 9.56. The van der Waals surface area contributed by atoms with Gasteiger partial charge in [0.15, 0.2) is 0 Å². The first-order valence-electron chi connectivity index (χ1n) is 13.3. The van der Waals surface area contributed by atoms with Crippen LogP contribution >= 0.6 is 15.9 Å². The Morgan fingerprint density at radius 1 is 1.10 bits per heavy atom. The first kappa shape index (κ1) is 29.6. The molecule has 3 aromatic carbocycles. The lowest BCUT2D eigenvalue weighted by Gasteiger charge is -2.35. The fraction of sp³-hybridized carbons (Fsp3) is 0.312. The molecule has 212 valence electrons. The molecule has 1 aliphatic rings. The number of nitrogens with one attached hydrogen (secondary N) is 2. The van der Waals surface area contributed by atoms with Crippen molar-refractivity contribution in [2.24, 2.45) is 5.41 Å². The minimum atomic E-state index is -0.546. The summed E-state index contributed by atoms with van der Waals surface area (Å²) in [5.41, 5.74) is 6.38. The molecule has 40 heavy (non-hydrogen) atoms. The fourth-order valence-corrected chi connectivity index (χ4v) is 5.19. The van der Waals surface area contributed by atoms with Crippen LogP contribution in [0.25, 0.3) is 10.9 Å². The highest BCUT2D eigenvalue weighted by Gasteiger charge is 2.30. The summed E-state index contributed by atoms with van der Waals surface area (Å²) in [6.07, 6.45) is 2.91. The number of nitrogens with zero attached hydrogens (tertiary/aromatic N) is 2. The fourth-order valence-electron chi connectivity index (χ4n) is 4.83. The Morgan fingerprint density at radius 2 is 1.77 bits per heavy atom. The molecule has 1 atom stereocenters. The van der Waals surface area contributed by atoms with Crippen LogP contribution < -0.4 is 10.2 Å². The molecule has 4 N–H and O–H groups in total. The highest BCUT2D eigenvalue weighted by molar-refractivity contribution is 9.10. The zero-order chi connectivity index (χ0) is 28.9. The average Bonchev–Trinajstić information content (AvgIpc) is 3.34. The van der Waals surface area contributed by atoms with Crippen LogP contribution in [-0.2, 0) is 6.42 Å². The number of rotatable bonds is 8. The Hall–Kier alpha value is -3.33. The second-order valence-corrected chi connectivity index (χ2v) is 11.7. The number of benzene rings is 3. The van der Waals surface area contributed by atoms with Gasteiger partial charge in [-0.05, 0) is 78.3 Å². The molecule has 4 aromatic rings. The molecule has 8 heteroatoms. The summed E-state index contributed by atoms with van der Waals surface area (Å²) >= 11 is 3.60. The molecule has 0 amide bonds. The van der Waals surface area contributed by atoms with Gasteiger partial charge in [-0.15, -0.1) is 0 Å². The number of H-pyrrole nitrogens is 1. The van der Waals surface area contributed by atoms with Crippen molar-refractivity contribution in [2.45, 2.75) is 19.4 Å². The van der Waals surface area contributed by atoms with Crippen LogP contribution in [0, 0.1) is 11.2 Å². The second kappa shape index (κ2) is 12.9. The van der Waals surface area contributed by atoms with Gasteiger partial charge in [-0.3, -0.25) is 0 Å². The van der Waals surface area contributed by atoms with E-state index >= 15 is 0 Å². The van der Waals surface area contributed by atoms with E-state index in [0.717, 1.165) is 34.3 Å². The number of aliphatic hydroxyl groups is 2. The van der Waals surface area contributed by atoms with Crippen molar-refractivity contribution in [3.63, 3.8) is 0 Å². The molecule has 0 saturated carbocycles. The van der Waals surface area contributed by atoms with Gasteiger partial charge in [0.05, 0.1) is 19.3 Å². The Balaban J connectivity index is 0.000000312. The average molecular weight is 610 g/mol. The van der Waals surface area contributed by atoms with Crippen LogP contribution in [0.1, 0.15) is 29.8 Å². The van der Waals surface area contributed by atoms with Gasteiger partial charge in [-0.2, -0.15) is 0 Å². The van der Waals surface area contributed by atoms with Gasteiger partial charge < -0.3 is 30.3 Å². The first-order valence-corrected chi connectivity index (χ1v) is 14.1. The standard InChI is InChI=1S/C24H28BrN3O2.C8H10FN/c1-3-28-11-10-19-20-12-17(25)6-9-21(20)27-22(19)23(28)16-4-7-18(8-5-16)26-13-24(2,14-29)15-30;1-10(2)8-5-3-7(9)4-6-8/h3-9,12,23,26-27,29-30H,1,10-11,13-15H2,2H3;3-6H,1-2H3. The van der Waals surface area contributed by atoms with E-state index < -0.39 is 5.41 Å². The maximum atomic E-state index is 12.3. The lowest BCUT2D eigenvalue weighted by molar-refractivity contribution is 0.0806. The summed E-state index contributed by atoms with van der Waals surface area (Å²) < 4.78 is 13.4. The second-order valence-electron chi connectivity index (χ2n) is 10.8. The molecule has 0 radical (unpaired) electrons. The molecule has 0 bridgehead atoms. The lowest BCUT2D eigenvalue weighted by atomic mass is 9.92. The third-order valence-corrected chi connectivity index (χ3v) is 7.91. The third kappa shape index (κ3) is 6.69. The molecule has 0 spiro atoms. The molecule has 6 nitrogen and oxygen atoms in total. The van der Waals surface area contributed by atoms with E-state index in [4.69, 9.17) is 0 Å². The maximum Gasteiger partial charge on any atom is 0.123 e. The van der Waals surface area contributed by atoms with Crippen molar-refractivity contribution in [1.29, 1.82) is 0 Å².